The number of hydrogen-bond acceptors (Lipinski definition) is 1. The van der Waals surface area contributed by atoms with E-state index < -0.39 is 0 Å². The predicted molar refractivity (Wildman–Crippen MR) is 46.0 cm³/mol. The third kappa shape index (κ3) is 0.641. The van der Waals surface area contributed by atoms with Crippen LogP contribution in [0, 0.1) is 13.8 Å². The summed E-state index contributed by atoms with van der Waals surface area (Å²) in [5.74, 6) is 0. The van der Waals surface area contributed by atoms with Crippen molar-refractivity contribution in [2.45, 2.75) is 13.8 Å². The second-order valence-electron chi connectivity index (χ2n) is 2.57. The predicted octanol–water partition coefficient (Wildman–Crippen LogP) is 3.19. The minimum absolute atomic E-state index is 1.43. The fraction of sp³-hybridized carbons (Fsp3) is 0.222. The van der Waals surface area contributed by atoms with Gasteiger partial charge in [-0.15, -0.1) is 34.2 Å². The van der Waals surface area contributed by atoms with Crippen LogP contribution in [0.2, 0.25) is 0 Å². The highest BCUT2D eigenvalue weighted by molar-refractivity contribution is 7.13. The van der Waals surface area contributed by atoms with Crippen LogP contribution in [-0.4, -0.2) is 0 Å². The van der Waals surface area contributed by atoms with Gasteiger partial charge in [-0.25, -0.2) is 0 Å². The summed E-state index contributed by atoms with van der Waals surface area (Å²) in [5.41, 5.74) is 2.87. The summed E-state index contributed by atoms with van der Waals surface area (Å²) >= 11 is 1.89. The Morgan fingerprint density at radius 1 is 1.40 bits per heavy atom. The van der Waals surface area contributed by atoms with Crippen LogP contribution in [0.5, 0.6) is 0 Å². The van der Waals surface area contributed by atoms with Gasteiger partial charge in [-0.1, -0.05) is 18.7 Å². The van der Waals surface area contributed by atoms with Crippen molar-refractivity contribution in [3.05, 3.63) is 28.0 Å². The van der Waals surface area contributed by atoms with Crippen molar-refractivity contribution >= 4 is 11.3 Å². The van der Waals surface area contributed by atoms with Crippen molar-refractivity contribution in [3.63, 3.8) is 0 Å². The van der Waals surface area contributed by atoms with Crippen molar-refractivity contribution < 1.29 is 0 Å². The Hall–Kier alpha value is -0.690. The highest BCUT2D eigenvalue weighted by Gasteiger charge is 1.99. The van der Waals surface area contributed by atoms with Gasteiger partial charge in [0.25, 0.3) is 0 Å². The summed E-state index contributed by atoms with van der Waals surface area (Å²) in [4.78, 5) is 2.88. The topological polar surface area (TPSA) is 0 Å². The van der Waals surface area contributed by atoms with Gasteiger partial charge in [0.1, 0.15) is 0 Å². The SMILES string of the molecule is Cc1s[c-](C)c2cccc1-2. The largest absolute Gasteiger partial charge is 0.256 e. The molecule has 0 aromatic carbocycles. The van der Waals surface area contributed by atoms with Crippen LogP contribution < -0.4 is 0 Å². The smallest absolute Gasteiger partial charge is 0.0655 e. The van der Waals surface area contributed by atoms with Gasteiger partial charge < -0.3 is 0 Å². The first kappa shape index (κ1) is 6.05. The first-order chi connectivity index (χ1) is 4.79. The van der Waals surface area contributed by atoms with Crippen molar-refractivity contribution in [2.75, 3.05) is 0 Å². The van der Waals surface area contributed by atoms with Gasteiger partial charge in [0.2, 0.25) is 0 Å². The zero-order valence-electron chi connectivity index (χ0n) is 6.14. The van der Waals surface area contributed by atoms with E-state index in [0.29, 0.717) is 0 Å². The summed E-state index contributed by atoms with van der Waals surface area (Å²) < 4.78 is 0. The average molecular weight is 149 g/mol. The molecule has 1 aliphatic heterocycles. The van der Waals surface area contributed by atoms with E-state index in [4.69, 9.17) is 0 Å². The van der Waals surface area contributed by atoms with Crippen LogP contribution in [0.15, 0.2) is 18.2 Å². The first-order valence-electron chi connectivity index (χ1n) is 3.40. The van der Waals surface area contributed by atoms with Gasteiger partial charge in [0.05, 0.1) is 0 Å². The van der Waals surface area contributed by atoms with Gasteiger partial charge in [-0.05, 0) is 0 Å². The Labute approximate surface area is 64.8 Å². The normalized spacial score (nSPS) is 11.0. The standard InChI is InChI=1S/C9H9S/c1-6-8-4-3-5-9(8)7(2)10-6/h3-5H,1-2H3/q-1. The fourth-order valence-electron chi connectivity index (χ4n) is 1.37. The van der Waals surface area contributed by atoms with Crippen molar-refractivity contribution in [1.82, 2.24) is 0 Å². The van der Waals surface area contributed by atoms with Crippen LogP contribution in [0.3, 0.4) is 0 Å². The molecule has 0 radical (unpaired) electrons. The Kier molecular flexibility index (Phi) is 1.15. The molecule has 0 bridgehead atoms. The fourth-order valence-corrected chi connectivity index (χ4v) is 2.41. The zero-order chi connectivity index (χ0) is 7.14. The lowest BCUT2D eigenvalue weighted by molar-refractivity contribution is 1.61. The summed E-state index contributed by atoms with van der Waals surface area (Å²) in [6, 6.07) is 6.50. The minimum Gasteiger partial charge on any atom is -0.256 e. The molecule has 0 saturated carbocycles. The molecule has 1 heterocycles. The summed E-state index contributed by atoms with van der Waals surface area (Å²) in [5, 5.41) is 0. The van der Waals surface area contributed by atoms with E-state index in [1.54, 1.807) is 0 Å². The molecule has 0 aromatic heterocycles. The number of fused-ring (bicyclic) bond motifs is 1. The van der Waals surface area contributed by atoms with E-state index in [2.05, 4.69) is 32.0 Å². The Balaban J connectivity index is 2.80. The van der Waals surface area contributed by atoms with Crippen molar-refractivity contribution in [3.8, 4) is 11.1 Å². The Morgan fingerprint density at radius 3 is 2.90 bits per heavy atom. The van der Waals surface area contributed by atoms with Crippen LogP contribution >= 0.6 is 11.3 Å². The number of thiophene rings is 1. The van der Waals surface area contributed by atoms with Crippen LogP contribution in [0.4, 0.5) is 0 Å². The second kappa shape index (κ2) is 1.89. The monoisotopic (exact) mass is 149 g/mol. The van der Waals surface area contributed by atoms with Gasteiger partial charge in [-0.2, -0.15) is 0 Å². The van der Waals surface area contributed by atoms with Crippen molar-refractivity contribution in [1.29, 1.82) is 0 Å². The lowest BCUT2D eigenvalue weighted by atomic mass is 10.2. The number of rotatable bonds is 0. The van der Waals surface area contributed by atoms with Gasteiger partial charge in [0.15, 0.2) is 0 Å². The molecule has 10 heavy (non-hydrogen) atoms. The lowest BCUT2D eigenvalue weighted by Crippen LogP contribution is -1.65. The maximum Gasteiger partial charge on any atom is -0.0655 e. The molecule has 0 atom stereocenters. The molecule has 0 nitrogen and oxygen atoms in total. The Bertz CT molecular complexity index is 285. The highest BCUT2D eigenvalue weighted by Crippen LogP contribution is 2.36. The molecule has 52 valence electrons. The average Bonchev–Trinajstić information content (AvgIpc) is 2.39. The lowest BCUT2D eigenvalue weighted by Gasteiger charge is -1.98. The van der Waals surface area contributed by atoms with E-state index in [1.807, 2.05) is 11.3 Å². The van der Waals surface area contributed by atoms with Gasteiger partial charge in [0, 0.05) is 0 Å². The van der Waals surface area contributed by atoms with Gasteiger partial charge >= 0.3 is 0 Å². The molecule has 0 unspecified atom stereocenters. The molecule has 1 heteroatoms. The zero-order valence-corrected chi connectivity index (χ0v) is 6.96. The van der Waals surface area contributed by atoms with E-state index >= 15 is 0 Å². The number of aryl methyl sites for hydroxylation is 2. The molecule has 2 aliphatic rings. The maximum atomic E-state index is 2.19. The molecular formula is C9H9S-. The summed E-state index contributed by atoms with van der Waals surface area (Å²) in [6.45, 7) is 4.36. The minimum atomic E-state index is 1.43. The van der Waals surface area contributed by atoms with E-state index in [0.717, 1.165) is 0 Å². The number of hydrogen-bond donors (Lipinski definition) is 0. The third-order valence-electron chi connectivity index (χ3n) is 1.88. The van der Waals surface area contributed by atoms with Crippen LogP contribution in [0.1, 0.15) is 9.75 Å². The quantitative estimate of drug-likeness (QED) is 0.505. The molecule has 0 aromatic rings. The molecule has 0 N–H and O–H groups in total. The molecule has 0 amide bonds. The first-order valence-corrected chi connectivity index (χ1v) is 4.22. The van der Waals surface area contributed by atoms with Crippen LogP contribution in [0.25, 0.3) is 11.1 Å². The maximum absolute atomic E-state index is 2.19. The Morgan fingerprint density at radius 2 is 2.20 bits per heavy atom. The van der Waals surface area contributed by atoms with Crippen LogP contribution in [-0.2, 0) is 0 Å². The molecule has 0 fully saturated rings. The van der Waals surface area contributed by atoms with Gasteiger partial charge in [-0.3, -0.25) is 11.3 Å². The summed E-state index contributed by atoms with van der Waals surface area (Å²) in [6.07, 6.45) is 0. The highest BCUT2D eigenvalue weighted by atomic mass is 32.1. The molecular weight excluding hydrogens is 140 g/mol. The molecule has 0 saturated heterocycles. The van der Waals surface area contributed by atoms with E-state index in [-0.39, 0.29) is 0 Å². The van der Waals surface area contributed by atoms with E-state index in [1.165, 1.54) is 20.9 Å². The molecule has 2 rings (SSSR count). The van der Waals surface area contributed by atoms with Crippen molar-refractivity contribution in [2.24, 2.45) is 0 Å². The molecule has 0 spiro atoms. The summed E-state index contributed by atoms with van der Waals surface area (Å²) in [7, 11) is 0. The molecule has 1 aliphatic carbocycles. The second-order valence-corrected chi connectivity index (χ2v) is 4.00. The van der Waals surface area contributed by atoms with E-state index in [9.17, 15) is 0 Å². The third-order valence-corrected chi connectivity index (χ3v) is 2.93.